The van der Waals surface area contributed by atoms with Crippen molar-refractivity contribution in [2.24, 2.45) is 5.92 Å². The van der Waals surface area contributed by atoms with Crippen molar-refractivity contribution in [2.45, 2.75) is 56.7 Å². The topological polar surface area (TPSA) is 71.2 Å². The fraction of sp³-hybridized carbons (Fsp3) is 0.625. The third-order valence-electron chi connectivity index (χ3n) is 4.92. The molecule has 2 N–H and O–H groups in total. The van der Waals surface area contributed by atoms with Crippen molar-refractivity contribution >= 4 is 11.5 Å². The number of aliphatic hydroxyl groups excluding tert-OH is 2. The smallest absolute Gasteiger partial charge is 0.157 e. The first-order valence-electron chi connectivity index (χ1n) is 8.08. The summed E-state index contributed by atoms with van der Waals surface area (Å²) in [6.45, 7) is 0. The monoisotopic (exact) mass is 319 g/mol. The highest BCUT2D eigenvalue weighted by Gasteiger charge is 2.32. The molecule has 2 aliphatic carbocycles. The summed E-state index contributed by atoms with van der Waals surface area (Å²) in [5.74, 6) is 2.67. The molecule has 0 saturated heterocycles. The molecule has 2 aromatic rings. The van der Waals surface area contributed by atoms with E-state index in [0.29, 0.717) is 5.92 Å². The van der Waals surface area contributed by atoms with E-state index in [1.165, 1.54) is 24.4 Å². The Kier molecular flexibility index (Phi) is 3.76. The van der Waals surface area contributed by atoms with Gasteiger partial charge in [0, 0.05) is 29.3 Å². The first-order chi connectivity index (χ1) is 10.7. The molecular formula is C16H21N3O2S. The standard InChI is InChI=1S/C16H21N3O2S/c20-12-5-3-10(4-6-12)14(21)13-9-22-18-16(13)19-8-7-17-15(19)11-1-2-11/h7-12,14,20-21H,1-6H2. The second-order valence-corrected chi connectivity index (χ2v) is 7.17. The molecule has 1 unspecified atom stereocenters. The van der Waals surface area contributed by atoms with Gasteiger partial charge < -0.3 is 10.2 Å². The Labute approximate surface area is 133 Å². The number of nitrogens with zero attached hydrogens (tertiary/aromatic N) is 3. The van der Waals surface area contributed by atoms with Gasteiger partial charge in [-0.15, -0.1) is 0 Å². The third kappa shape index (κ3) is 2.59. The Morgan fingerprint density at radius 1 is 1.18 bits per heavy atom. The van der Waals surface area contributed by atoms with Crippen LogP contribution in [0.15, 0.2) is 17.8 Å². The third-order valence-corrected chi connectivity index (χ3v) is 5.56. The lowest BCUT2D eigenvalue weighted by Gasteiger charge is -2.29. The summed E-state index contributed by atoms with van der Waals surface area (Å²) in [7, 11) is 0. The number of aliphatic hydroxyl groups is 2. The van der Waals surface area contributed by atoms with E-state index in [1.54, 1.807) is 0 Å². The molecule has 4 rings (SSSR count). The average Bonchev–Trinajstić information content (AvgIpc) is 3.07. The SMILES string of the molecule is OC1CCC(C(O)c2csnc2-n2ccnc2C2CC2)CC1. The van der Waals surface area contributed by atoms with Crippen LogP contribution in [-0.2, 0) is 0 Å². The van der Waals surface area contributed by atoms with E-state index < -0.39 is 6.10 Å². The zero-order valence-corrected chi connectivity index (χ0v) is 13.2. The quantitative estimate of drug-likeness (QED) is 0.909. The Morgan fingerprint density at radius 3 is 2.68 bits per heavy atom. The molecule has 1 atom stereocenters. The van der Waals surface area contributed by atoms with Gasteiger partial charge in [0.2, 0.25) is 0 Å². The zero-order chi connectivity index (χ0) is 15.1. The summed E-state index contributed by atoms with van der Waals surface area (Å²) in [5.41, 5.74) is 0.909. The minimum Gasteiger partial charge on any atom is -0.393 e. The summed E-state index contributed by atoms with van der Waals surface area (Å²) < 4.78 is 6.56. The number of aromatic nitrogens is 3. The maximum atomic E-state index is 10.8. The van der Waals surface area contributed by atoms with Crippen LogP contribution in [0.4, 0.5) is 0 Å². The fourth-order valence-electron chi connectivity index (χ4n) is 3.43. The van der Waals surface area contributed by atoms with E-state index in [-0.39, 0.29) is 12.0 Å². The van der Waals surface area contributed by atoms with Crippen LogP contribution in [0, 0.1) is 5.92 Å². The van der Waals surface area contributed by atoms with Crippen molar-refractivity contribution in [3.63, 3.8) is 0 Å². The maximum absolute atomic E-state index is 10.8. The number of imidazole rings is 1. The van der Waals surface area contributed by atoms with Gasteiger partial charge in [0.05, 0.1) is 12.2 Å². The first kappa shape index (κ1) is 14.4. The van der Waals surface area contributed by atoms with Gasteiger partial charge in [0.1, 0.15) is 5.82 Å². The van der Waals surface area contributed by atoms with Gasteiger partial charge in [-0.3, -0.25) is 4.57 Å². The molecule has 6 heteroatoms. The Hall–Kier alpha value is -1.24. The van der Waals surface area contributed by atoms with Crippen molar-refractivity contribution in [1.82, 2.24) is 13.9 Å². The normalized spacial score (nSPS) is 27.0. The molecule has 0 radical (unpaired) electrons. The van der Waals surface area contributed by atoms with Crippen molar-refractivity contribution < 1.29 is 10.2 Å². The molecule has 2 aliphatic rings. The van der Waals surface area contributed by atoms with Gasteiger partial charge in [-0.1, -0.05) is 0 Å². The van der Waals surface area contributed by atoms with Crippen LogP contribution in [0.3, 0.4) is 0 Å². The largest absolute Gasteiger partial charge is 0.393 e. The molecule has 2 fully saturated rings. The molecule has 2 aromatic heterocycles. The minimum atomic E-state index is -0.504. The Balaban J connectivity index is 1.60. The van der Waals surface area contributed by atoms with Crippen LogP contribution in [-0.4, -0.2) is 30.2 Å². The van der Waals surface area contributed by atoms with Crippen LogP contribution in [0.25, 0.3) is 5.82 Å². The van der Waals surface area contributed by atoms with Gasteiger partial charge >= 0.3 is 0 Å². The fourth-order valence-corrected chi connectivity index (χ4v) is 4.14. The molecule has 0 aliphatic heterocycles. The summed E-state index contributed by atoms with van der Waals surface area (Å²) in [6, 6.07) is 0. The van der Waals surface area contributed by atoms with E-state index >= 15 is 0 Å². The summed E-state index contributed by atoms with van der Waals surface area (Å²) in [6.07, 6.45) is 8.77. The van der Waals surface area contributed by atoms with Crippen molar-refractivity contribution in [3.05, 3.63) is 29.2 Å². The lowest BCUT2D eigenvalue weighted by molar-refractivity contribution is 0.0415. The number of hydrogen-bond acceptors (Lipinski definition) is 5. The summed E-state index contributed by atoms with van der Waals surface area (Å²) in [4.78, 5) is 4.47. The van der Waals surface area contributed by atoms with Gasteiger partial charge in [0.25, 0.3) is 0 Å². The molecule has 0 amide bonds. The molecule has 0 bridgehead atoms. The number of hydrogen-bond donors (Lipinski definition) is 2. The van der Waals surface area contributed by atoms with Crippen LogP contribution >= 0.6 is 11.5 Å². The molecular weight excluding hydrogens is 298 g/mol. The molecule has 22 heavy (non-hydrogen) atoms. The minimum absolute atomic E-state index is 0.196. The van der Waals surface area contributed by atoms with E-state index in [4.69, 9.17) is 0 Å². The van der Waals surface area contributed by atoms with Gasteiger partial charge in [-0.2, -0.15) is 4.37 Å². The van der Waals surface area contributed by atoms with Crippen molar-refractivity contribution in [1.29, 1.82) is 0 Å². The van der Waals surface area contributed by atoms with Crippen LogP contribution in [0.1, 0.15) is 61.9 Å². The predicted molar refractivity (Wildman–Crippen MR) is 84.1 cm³/mol. The van der Waals surface area contributed by atoms with E-state index in [2.05, 4.69) is 9.36 Å². The number of rotatable bonds is 4. The van der Waals surface area contributed by atoms with Crippen LogP contribution in [0.5, 0.6) is 0 Å². The second-order valence-electron chi connectivity index (χ2n) is 6.54. The van der Waals surface area contributed by atoms with Gasteiger partial charge in [0.15, 0.2) is 5.82 Å². The summed E-state index contributed by atoms with van der Waals surface area (Å²) >= 11 is 1.39. The zero-order valence-electron chi connectivity index (χ0n) is 12.4. The van der Waals surface area contributed by atoms with Crippen LogP contribution < -0.4 is 0 Å². The molecule has 118 valence electrons. The Bertz CT molecular complexity index is 641. The first-order valence-corrected chi connectivity index (χ1v) is 8.91. The van der Waals surface area contributed by atoms with Crippen molar-refractivity contribution in [3.8, 4) is 5.82 Å². The highest BCUT2D eigenvalue weighted by atomic mass is 32.1. The van der Waals surface area contributed by atoms with Gasteiger partial charge in [-0.25, -0.2) is 4.98 Å². The highest BCUT2D eigenvalue weighted by Crippen LogP contribution is 2.41. The molecule has 2 saturated carbocycles. The predicted octanol–water partition coefficient (Wildman–Crippen LogP) is 2.79. The Morgan fingerprint density at radius 2 is 1.95 bits per heavy atom. The molecule has 0 aromatic carbocycles. The molecule has 0 spiro atoms. The van der Waals surface area contributed by atoms with Crippen molar-refractivity contribution in [2.75, 3.05) is 0 Å². The summed E-state index contributed by atoms with van der Waals surface area (Å²) in [5, 5.41) is 22.4. The lowest BCUT2D eigenvalue weighted by atomic mass is 9.82. The average molecular weight is 319 g/mol. The molecule has 5 nitrogen and oxygen atoms in total. The lowest BCUT2D eigenvalue weighted by Crippen LogP contribution is -2.23. The van der Waals surface area contributed by atoms with Crippen LogP contribution in [0.2, 0.25) is 0 Å². The van der Waals surface area contributed by atoms with E-state index in [0.717, 1.165) is 42.9 Å². The second kappa shape index (κ2) is 5.76. The van der Waals surface area contributed by atoms with Gasteiger partial charge in [-0.05, 0) is 56.0 Å². The molecule has 2 heterocycles. The highest BCUT2D eigenvalue weighted by molar-refractivity contribution is 7.03. The maximum Gasteiger partial charge on any atom is 0.157 e. The van der Waals surface area contributed by atoms with E-state index in [1.807, 2.05) is 22.3 Å². The van der Waals surface area contributed by atoms with E-state index in [9.17, 15) is 10.2 Å².